The lowest BCUT2D eigenvalue weighted by atomic mass is 9.84. The number of carbonyl (C=O) groups excluding carboxylic acids is 1. The van der Waals surface area contributed by atoms with Crippen LogP contribution in [-0.4, -0.2) is 44.5 Å². The van der Waals surface area contributed by atoms with Gasteiger partial charge in [0.2, 0.25) is 5.54 Å². The molecule has 1 aliphatic rings. The molecule has 0 aliphatic carbocycles. The molecule has 0 aromatic heterocycles. The van der Waals surface area contributed by atoms with Gasteiger partial charge in [0.15, 0.2) is 8.32 Å². The Bertz CT molecular complexity index is 714. The van der Waals surface area contributed by atoms with Crippen LogP contribution in [0.5, 0.6) is 0 Å². The lowest BCUT2D eigenvalue weighted by Gasteiger charge is -2.36. The van der Waals surface area contributed by atoms with Gasteiger partial charge in [-0.1, -0.05) is 51.1 Å². The minimum Gasteiger partial charge on any atom is -0.445 e. The van der Waals surface area contributed by atoms with Crippen LogP contribution in [0.2, 0.25) is 18.1 Å². The van der Waals surface area contributed by atoms with Crippen molar-refractivity contribution in [3.05, 3.63) is 47.3 Å². The van der Waals surface area contributed by atoms with Gasteiger partial charge >= 0.3 is 6.09 Å². The van der Waals surface area contributed by atoms with Crippen molar-refractivity contribution in [3.63, 3.8) is 0 Å². The normalized spacial score (nSPS) is 16.7. The van der Waals surface area contributed by atoms with Crippen LogP contribution in [0.4, 0.5) is 4.79 Å². The molecule has 1 saturated heterocycles. The first-order valence-electron chi connectivity index (χ1n) is 11.1. The molecule has 6 heteroatoms. The fourth-order valence-corrected chi connectivity index (χ4v) is 4.52. The number of piperidine rings is 1. The zero-order chi connectivity index (χ0) is 22.3. The molecular weight excluding hydrogens is 392 g/mol. The number of hydrogen-bond acceptors (Lipinski definition) is 3. The molecule has 1 heterocycles. The van der Waals surface area contributed by atoms with E-state index in [1.807, 2.05) is 30.3 Å². The molecule has 0 N–H and O–H groups in total. The second-order valence-corrected chi connectivity index (χ2v) is 14.7. The van der Waals surface area contributed by atoms with Crippen LogP contribution in [0, 0.1) is 6.57 Å². The molecule has 0 saturated carbocycles. The maximum absolute atomic E-state index is 12.4. The number of likely N-dealkylation sites (tertiary alicyclic amines) is 1. The molecule has 1 aliphatic heterocycles. The molecule has 1 fully saturated rings. The summed E-state index contributed by atoms with van der Waals surface area (Å²) in [5.74, 6) is 0. The summed E-state index contributed by atoms with van der Waals surface area (Å²) < 4.78 is 11.7. The Morgan fingerprint density at radius 2 is 1.80 bits per heavy atom. The minimum absolute atomic E-state index is 0.229. The van der Waals surface area contributed by atoms with E-state index in [4.69, 9.17) is 15.7 Å². The number of carbonyl (C=O) groups is 1. The molecular formula is C24H38N2O3Si. The quantitative estimate of drug-likeness (QED) is 0.277. The van der Waals surface area contributed by atoms with Crippen molar-refractivity contribution in [1.82, 2.24) is 4.90 Å². The van der Waals surface area contributed by atoms with E-state index in [1.54, 1.807) is 4.90 Å². The largest absolute Gasteiger partial charge is 0.445 e. The Morgan fingerprint density at radius 3 is 2.37 bits per heavy atom. The molecule has 0 bridgehead atoms. The van der Waals surface area contributed by atoms with E-state index in [2.05, 4.69) is 38.7 Å². The van der Waals surface area contributed by atoms with Gasteiger partial charge in [-0.15, -0.1) is 0 Å². The summed E-state index contributed by atoms with van der Waals surface area (Å²) in [6.07, 6.45) is 4.03. The summed E-state index contributed by atoms with van der Waals surface area (Å²) in [6.45, 7) is 21.3. The molecule has 0 radical (unpaired) electrons. The summed E-state index contributed by atoms with van der Waals surface area (Å²) in [6, 6.07) is 9.71. The molecule has 0 unspecified atom stereocenters. The zero-order valence-electron chi connectivity index (χ0n) is 19.4. The lowest BCUT2D eigenvalue weighted by Crippen LogP contribution is -2.45. The molecule has 0 atom stereocenters. The third kappa shape index (κ3) is 6.85. The smallest absolute Gasteiger partial charge is 0.410 e. The van der Waals surface area contributed by atoms with Crippen molar-refractivity contribution < 1.29 is 14.0 Å². The van der Waals surface area contributed by atoms with Crippen LogP contribution in [-0.2, 0) is 15.8 Å². The Balaban J connectivity index is 1.71. The van der Waals surface area contributed by atoms with Crippen molar-refractivity contribution in [1.29, 1.82) is 0 Å². The van der Waals surface area contributed by atoms with Gasteiger partial charge in [0.25, 0.3) is 0 Å². The number of rotatable bonds is 8. The molecule has 0 spiro atoms. The van der Waals surface area contributed by atoms with Crippen molar-refractivity contribution >= 4 is 14.4 Å². The molecule has 166 valence electrons. The van der Waals surface area contributed by atoms with Crippen LogP contribution in [0.25, 0.3) is 4.85 Å². The first-order valence-corrected chi connectivity index (χ1v) is 14.0. The maximum Gasteiger partial charge on any atom is 0.410 e. The van der Waals surface area contributed by atoms with Gasteiger partial charge in [-0.3, -0.25) is 0 Å². The van der Waals surface area contributed by atoms with Gasteiger partial charge < -0.3 is 18.9 Å². The molecule has 1 aromatic carbocycles. The number of nitrogens with zero attached hydrogens (tertiary/aromatic N) is 2. The van der Waals surface area contributed by atoms with Crippen molar-refractivity contribution in [2.75, 3.05) is 19.7 Å². The highest BCUT2D eigenvalue weighted by molar-refractivity contribution is 6.74. The predicted molar refractivity (Wildman–Crippen MR) is 124 cm³/mol. The fraction of sp³-hybridized carbons (Fsp3) is 0.667. The maximum atomic E-state index is 12.4. The van der Waals surface area contributed by atoms with Crippen molar-refractivity contribution in [2.45, 2.75) is 83.2 Å². The van der Waals surface area contributed by atoms with E-state index in [0.29, 0.717) is 19.7 Å². The van der Waals surface area contributed by atoms with Crippen LogP contribution >= 0.6 is 0 Å². The predicted octanol–water partition coefficient (Wildman–Crippen LogP) is 6.27. The molecule has 1 aromatic rings. The average Bonchev–Trinajstić information content (AvgIpc) is 2.72. The fourth-order valence-electron chi connectivity index (χ4n) is 3.43. The second-order valence-electron chi connectivity index (χ2n) is 9.93. The third-order valence-electron chi connectivity index (χ3n) is 6.70. The monoisotopic (exact) mass is 430 g/mol. The van der Waals surface area contributed by atoms with E-state index in [9.17, 15) is 4.79 Å². The number of benzene rings is 1. The second kappa shape index (κ2) is 10.5. The van der Waals surface area contributed by atoms with E-state index in [0.717, 1.165) is 44.3 Å². The van der Waals surface area contributed by atoms with Gasteiger partial charge in [-0.05, 0) is 36.5 Å². The van der Waals surface area contributed by atoms with Crippen LogP contribution in [0.1, 0.15) is 58.4 Å². The number of amides is 1. The van der Waals surface area contributed by atoms with Gasteiger partial charge in [-0.25, -0.2) is 11.4 Å². The third-order valence-corrected chi connectivity index (χ3v) is 11.2. The topological polar surface area (TPSA) is 43.1 Å². The Hall–Kier alpha value is -1.84. The summed E-state index contributed by atoms with van der Waals surface area (Å²) in [5.41, 5.74) is 0.644. The lowest BCUT2D eigenvalue weighted by molar-refractivity contribution is 0.0808. The van der Waals surface area contributed by atoms with Gasteiger partial charge in [0.1, 0.15) is 6.61 Å². The SMILES string of the molecule is [C-]#[N+]C1(CCCCO[Si](C)(C)C(C)(C)C)CCN(C(=O)OCc2ccccc2)CC1. The van der Waals surface area contributed by atoms with Crippen LogP contribution in [0.3, 0.4) is 0 Å². The summed E-state index contributed by atoms with van der Waals surface area (Å²) in [4.78, 5) is 18.1. The van der Waals surface area contributed by atoms with Crippen LogP contribution in [0.15, 0.2) is 30.3 Å². The molecule has 30 heavy (non-hydrogen) atoms. The molecule has 1 amide bonds. The van der Waals surface area contributed by atoms with Crippen LogP contribution < -0.4 is 0 Å². The average molecular weight is 431 g/mol. The van der Waals surface area contributed by atoms with Crippen molar-refractivity contribution in [2.24, 2.45) is 0 Å². The zero-order valence-corrected chi connectivity index (χ0v) is 20.4. The van der Waals surface area contributed by atoms with Gasteiger partial charge in [0, 0.05) is 39.0 Å². The highest BCUT2D eigenvalue weighted by atomic mass is 28.4. The first-order chi connectivity index (χ1) is 14.1. The number of ether oxygens (including phenoxy) is 1. The van der Waals surface area contributed by atoms with E-state index >= 15 is 0 Å². The highest BCUT2D eigenvalue weighted by Crippen LogP contribution is 2.37. The summed E-state index contributed by atoms with van der Waals surface area (Å²) in [7, 11) is -1.69. The molecule has 5 nitrogen and oxygen atoms in total. The van der Waals surface area contributed by atoms with Crippen molar-refractivity contribution in [3.8, 4) is 0 Å². The van der Waals surface area contributed by atoms with Gasteiger partial charge in [0.05, 0.1) is 0 Å². The Kier molecular flexibility index (Phi) is 8.51. The minimum atomic E-state index is -1.69. The van der Waals surface area contributed by atoms with Gasteiger partial charge in [-0.2, -0.15) is 0 Å². The summed E-state index contributed by atoms with van der Waals surface area (Å²) in [5, 5.41) is 0.229. The highest BCUT2D eigenvalue weighted by Gasteiger charge is 2.41. The van der Waals surface area contributed by atoms with E-state index in [-0.39, 0.29) is 16.7 Å². The number of hydrogen-bond donors (Lipinski definition) is 0. The molecule has 2 rings (SSSR count). The standard InChI is InChI=1S/C24H38N2O3Si/c1-23(2,3)30(5,6)29-19-11-10-14-24(25-4)15-17-26(18-16-24)22(27)28-20-21-12-8-7-9-13-21/h7-9,12-13H,10-11,14-20H2,1-3,5-6H3. The Morgan fingerprint density at radius 1 is 1.17 bits per heavy atom. The first kappa shape index (κ1) is 24.4. The van der Waals surface area contributed by atoms with E-state index < -0.39 is 8.32 Å². The van der Waals surface area contributed by atoms with E-state index in [1.165, 1.54) is 0 Å². The number of unbranched alkanes of at least 4 members (excludes halogenated alkanes) is 1. The Labute approximate surface area is 183 Å². The summed E-state index contributed by atoms with van der Waals surface area (Å²) >= 11 is 0.